The number of hydrogen-bond donors (Lipinski definition) is 3. The average Bonchev–Trinajstić information content (AvgIpc) is 0.708. The monoisotopic (exact) mass is 1610 g/mol. The fraction of sp³-hybridized carbons (Fsp3) is 0.212. The standard InChI is InChI=1S/C85H74F6N14O13/c1-100-78(75(92)45-16-11-10-12-17-45)105(76-73(80(107)102(3)84(99-76)104(82(109)85(89,90)91)49-18-15-29-93-43-49)47-21-24-64(55(87)35-47)117-61-27-32-95-58-41-70(114-8)67(111-5)38-51(58)61)77(74(81(100)108)48-22-25-65(56(88)36-48)118-62-28-33-96-59-42-71(115-9)68(112-6)39-52(59)62)103-44-53(79(106)101(2)83(103)98-72-19-13-14-30-97-72)46-20-23-63(54(86)34-46)116-60-26-31-94-57-40-69(113-7)66(110-4)37-50(57)60/h10-14,16-17,19-28,30-42,44,49,75,78,83,93H,15,18,29,43,92H2,1-9H3,(H,97,98). The Hall–Kier alpha value is -14.2. The number of alkyl halides is 3. The number of rotatable bonds is 23. The van der Waals surface area contributed by atoms with E-state index in [1.54, 1.807) is 84.9 Å². The van der Waals surface area contributed by atoms with E-state index in [2.05, 4.69) is 30.6 Å². The molecule has 0 aliphatic carbocycles. The molecule has 0 radical (unpaired) electrons. The van der Waals surface area contributed by atoms with Gasteiger partial charge in [0.2, 0.25) is 5.95 Å². The molecule has 3 aliphatic heterocycles. The number of benzene rings is 7. The Morgan fingerprint density at radius 3 is 1.51 bits per heavy atom. The van der Waals surface area contributed by atoms with Gasteiger partial charge in [0.25, 0.3) is 17.4 Å². The van der Waals surface area contributed by atoms with E-state index in [9.17, 15) is 4.79 Å². The quantitative estimate of drug-likeness (QED) is 0.0502. The number of likely N-dealkylation sites (N-methyl/N-ethyl adjacent to an activating group) is 2. The van der Waals surface area contributed by atoms with E-state index in [4.69, 9.17) is 53.3 Å². The highest BCUT2D eigenvalue weighted by Gasteiger charge is 2.52. The van der Waals surface area contributed by atoms with Crippen LogP contribution in [0.3, 0.4) is 0 Å². The molecule has 4 N–H and O–H groups in total. The molecule has 3 amide bonds. The van der Waals surface area contributed by atoms with Crippen LogP contribution < -0.4 is 74.4 Å². The Labute approximate surface area is 669 Å². The van der Waals surface area contributed by atoms with Gasteiger partial charge in [0, 0.05) is 93.0 Å². The number of fused-ring (bicyclic) bond motifs is 3. The van der Waals surface area contributed by atoms with Gasteiger partial charge < -0.3 is 68.8 Å². The first-order chi connectivity index (χ1) is 56.9. The lowest BCUT2D eigenvalue weighted by Gasteiger charge is -2.52. The number of hydrogen-bond acceptors (Lipinski definition) is 23. The summed E-state index contributed by atoms with van der Waals surface area (Å²) in [7, 11) is 12.4. The van der Waals surface area contributed by atoms with E-state index >= 15 is 40.7 Å². The van der Waals surface area contributed by atoms with Crippen molar-refractivity contribution in [3.05, 3.63) is 239 Å². The number of nitrogens with one attached hydrogen (secondary N) is 2. The van der Waals surface area contributed by atoms with Crippen molar-refractivity contribution >= 4 is 79.2 Å². The molecule has 118 heavy (non-hydrogen) atoms. The molecule has 0 saturated carbocycles. The molecule has 7 aromatic carbocycles. The van der Waals surface area contributed by atoms with E-state index in [1.165, 1.54) is 152 Å². The highest BCUT2D eigenvalue weighted by atomic mass is 19.4. The van der Waals surface area contributed by atoms with Crippen molar-refractivity contribution in [3.63, 3.8) is 0 Å². The van der Waals surface area contributed by atoms with Gasteiger partial charge in [0.05, 0.1) is 88.0 Å². The molecule has 3 aliphatic rings. The molecule has 604 valence electrons. The molecule has 33 heteroatoms. The number of amides is 3. The summed E-state index contributed by atoms with van der Waals surface area (Å²) in [4.78, 5) is 92.1. The average molecular weight is 1610 g/mol. The lowest BCUT2D eigenvalue weighted by atomic mass is 9.94. The van der Waals surface area contributed by atoms with Crippen molar-refractivity contribution in [2.24, 2.45) is 12.8 Å². The zero-order chi connectivity index (χ0) is 83.1. The van der Waals surface area contributed by atoms with Crippen LogP contribution in [0.5, 0.6) is 69.0 Å². The second-order valence-corrected chi connectivity index (χ2v) is 27.4. The van der Waals surface area contributed by atoms with E-state index in [1.807, 2.05) is 0 Å². The van der Waals surface area contributed by atoms with Gasteiger partial charge in [0.1, 0.15) is 35.1 Å². The normalized spacial score (nSPS) is 16.1. The molecule has 0 spiro atoms. The molecule has 27 nitrogen and oxygen atoms in total. The van der Waals surface area contributed by atoms with Crippen molar-refractivity contribution in [3.8, 4) is 80.1 Å². The fourth-order valence-corrected chi connectivity index (χ4v) is 14.7. The molecule has 4 atom stereocenters. The van der Waals surface area contributed by atoms with Crippen LogP contribution in [0.4, 0.5) is 43.9 Å². The van der Waals surface area contributed by atoms with E-state index < -0.39 is 112 Å². The third-order valence-corrected chi connectivity index (χ3v) is 20.5. The fourth-order valence-electron chi connectivity index (χ4n) is 14.7. The van der Waals surface area contributed by atoms with Gasteiger partial charge in [-0.3, -0.25) is 53.4 Å². The first-order valence-corrected chi connectivity index (χ1v) is 36.7. The maximum atomic E-state index is 18.2. The van der Waals surface area contributed by atoms with Gasteiger partial charge in [-0.05, 0) is 127 Å². The van der Waals surface area contributed by atoms with Crippen molar-refractivity contribution in [1.29, 1.82) is 0 Å². The topological polar surface area (TPSA) is 287 Å². The first-order valence-electron chi connectivity index (χ1n) is 36.7. The Balaban J connectivity index is 1.02. The minimum atomic E-state index is -5.64. The highest BCUT2D eigenvalue weighted by Crippen LogP contribution is 2.49. The van der Waals surface area contributed by atoms with Crippen molar-refractivity contribution in [1.82, 2.24) is 49.5 Å². The molecular formula is C85H74F6N14O13. The first kappa shape index (κ1) is 79.0. The molecule has 5 aromatic heterocycles. The predicted molar refractivity (Wildman–Crippen MR) is 425 cm³/mol. The van der Waals surface area contributed by atoms with E-state index in [0.717, 1.165) is 39.6 Å². The summed E-state index contributed by atoms with van der Waals surface area (Å²) < 4.78 is 154. The molecule has 4 unspecified atom stereocenters. The molecule has 15 rings (SSSR count). The number of aromatic nitrogens is 6. The van der Waals surface area contributed by atoms with Gasteiger partial charge in [0.15, 0.2) is 81.3 Å². The molecule has 1 fully saturated rings. The lowest BCUT2D eigenvalue weighted by molar-refractivity contribution is -0.171. The van der Waals surface area contributed by atoms with Crippen molar-refractivity contribution in [2.75, 3.05) is 85.0 Å². The number of halogens is 6. The summed E-state index contributed by atoms with van der Waals surface area (Å²) in [6, 6.07) is 34.7. The molecule has 0 bridgehead atoms. The van der Waals surface area contributed by atoms with Crippen LogP contribution in [0.1, 0.15) is 35.6 Å². The maximum Gasteiger partial charge on any atom is 0.471 e. The number of anilines is 3. The van der Waals surface area contributed by atoms with Crippen LogP contribution in [0.2, 0.25) is 0 Å². The zero-order valence-corrected chi connectivity index (χ0v) is 64.6. The molecule has 8 heterocycles. The second-order valence-electron chi connectivity index (χ2n) is 27.4. The number of pyridine rings is 4. The number of piperidine rings is 1. The smallest absolute Gasteiger partial charge is 0.471 e. The van der Waals surface area contributed by atoms with Crippen LogP contribution in [-0.2, 0) is 21.4 Å². The minimum absolute atomic E-state index is 0.0489. The Bertz CT molecular complexity index is 6080. The predicted octanol–water partition coefficient (Wildman–Crippen LogP) is 13.9. The summed E-state index contributed by atoms with van der Waals surface area (Å²) in [5.74, 6) is -8.44. The summed E-state index contributed by atoms with van der Waals surface area (Å²) in [6.45, 7) is 0.103. The number of nitrogens with zero attached hydrogens (tertiary/aromatic N) is 11. The van der Waals surface area contributed by atoms with Crippen LogP contribution in [-0.4, -0.2) is 156 Å². The third kappa shape index (κ3) is 14.7. The number of carbonyl (C=O) groups is 3. The van der Waals surface area contributed by atoms with Crippen LogP contribution >= 0.6 is 0 Å². The summed E-state index contributed by atoms with van der Waals surface area (Å²) in [5.41, 5.74) is 5.69. The SMILES string of the molecule is COc1cc2nccc(Oc3ccc(C4=CN(C5=C(c6ccc(Oc7ccnc8cc(OC)c(OC)cc78)c(F)c6)C(=O)N(C)C(C(N)c6ccccc6)N5c5nc(N(C(=O)C(F)(F)F)C6CCCNC6)n(C)c(=O)c5-c5ccc(Oc6ccnc7cc(OC)c(OC)cc67)c(F)c5)C(Nc5ccccn5)N(C)C4=O)cc3F)c2cc1OC. The highest BCUT2D eigenvalue weighted by molar-refractivity contribution is 6.23. The number of nitrogens with two attached hydrogens (primary N) is 1. The van der Waals surface area contributed by atoms with E-state index in [0.29, 0.717) is 67.2 Å². The van der Waals surface area contributed by atoms with Gasteiger partial charge in [-0.1, -0.05) is 54.6 Å². The lowest BCUT2D eigenvalue weighted by Crippen LogP contribution is -2.64. The molecular weight excluding hydrogens is 1540 g/mol. The second kappa shape index (κ2) is 32.6. The van der Waals surface area contributed by atoms with Gasteiger partial charge in [-0.15, -0.1) is 0 Å². The number of methoxy groups -OCH3 is 6. The number of carbonyl (C=O) groups excluding carboxylic acids is 3. The van der Waals surface area contributed by atoms with Gasteiger partial charge in [-0.2, -0.15) is 18.2 Å². The van der Waals surface area contributed by atoms with E-state index in [-0.39, 0.29) is 87.5 Å². The summed E-state index contributed by atoms with van der Waals surface area (Å²) in [6.07, 6.45) is -1.97. The van der Waals surface area contributed by atoms with Crippen molar-refractivity contribution < 1.29 is 83.4 Å². The van der Waals surface area contributed by atoms with Crippen LogP contribution in [0.25, 0.3) is 55.0 Å². The molecule has 12 aromatic rings. The van der Waals surface area contributed by atoms with Crippen LogP contribution in [0, 0.1) is 17.5 Å². The largest absolute Gasteiger partial charge is 0.493 e. The minimum Gasteiger partial charge on any atom is -0.493 e. The zero-order valence-electron chi connectivity index (χ0n) is 64.6. The molecule has 1 saturated heterocycles. The summed E-state index contributed by atoms with van der Waals surface area (Å²) >= 11 is 0. The Morgan fingerprint density at radius 1 is 0.551 bits per heavy atom. The number of ether oxygens (including phenoxy) is 9. The van der Waals surface area contributed by atoms with Crippen LogP contribution in [0.15, 0.2) is 199 Å². The third-order valence-electron chi connectivity index (χ3n) is 20.5. The Kier molecular flexibility index (Phi) is 21.8. The van der Waals surface area contributed by atoms with Crippen molar-refractivity contribution in [2.45, 2.75) is 43.6 Å². The Morgan fingerprint density at radius 2 is 1.03 bits per heavy atom. The summed E-state index contributed by atoms with van der Waals surface area (Å²) in [5, 5.41) is 7.46. The van der Waals surface area contributed by atoms with Gasteiger partial charge in [-0.25, -0.2) is 18.2 Å². The van der Waals surface area contributed by atoms with Gasteiger partial charge >= 0.3 is 12.1 Å². The maximum absolute atomic E-state index is 18.2.